The average molecular weight is 441 g/mol. The van der Waals surface area contributed by atoms with Gasteiger partial charge in [-0.2, -0.15) is 0 Å². The summed E-state index contributed by atoms with van der Waals surface area (Å²) in [5, 5.41) is 0. The van der Waals surface area contributed by atoms with Crippen molar-refractivity contribution in [1.82, 2.24) is 9.80 Å². The second kappa shape index (κ2) is 13.2. The highest BCUT2D eigenvalue weighted by Crippen LogP contribution is 2.32. The van der Waals surface area contributed by atoms with Crippen molar-refractivity contribution in [3.63, 3.8) is 0 Å². The molecule has 0 radical (unpaired) electrons. The summed E-state index contributed by atoms with van der Waals surface area (Å²) in [6.45, 7) is 8.43. The van der Waals surface area contributed by atoms with Crippen LogP contribution in [0.15, 0.2) is 0 Å². The Labute approximate surface area is 182 Å². The van der Waals surface area contributed by atoms with Crippen molar-refractivity contribution >= 4 is 30.8 Å². The number of hydrogen-bond donors (Lipinski definition) is 0. The molecule has 0 bridgehead atoms. The van der Waals surface area contributed by atoms with Gasteiger partial charge in [0.25, 0.3) is 0 Å². The van der Waals surface area contributed by atoms with Crippen LogP contribution >= 0.6 is 24.8 Å². The number of esters is 1. The van der Waals surface area contributed by atoms with Gasteiger partial charge in [-0.25, -0.2) is 4.90 Å². The summed E-state index contributed by atoms with van der Waals surface area (Å²) in [6.07, 6.45) is 8.87. The van der Waals surface area contributed by atoms with Gasteiger partial charge in [0.05, 0.1) is 18.6 Å². The van der Waals surface area contributed by atoms with E-state index in [9.17, 15) is 4.79 Å². The number of rotatable bonds is 8. The summed E-state index contributed by atoms with van der Waals surface area (Å²) in [7, 11) is 0. The first-order valence-electron chi connectivity index (χ1n) is 10.7. The number of carbonyl (C=O) groups excluding carboxylic acids is 1. The Morgan fingerprint density at radius 2 is 1.61 bits per heavy atom. The summed E-state index contributed by atoms with van der Waals surface area (Å²) in [5.74, 6) is 0.0287. The van der Waals surface area contributed by atoms with Gasteiger partial charge in [-0.05, 0) is 65.2 Å². The van der Waals surface area contributed by atoms with Crippen LogP contribution in [0.4, 0.5) is 0 Å². The second-order valence-corrected chi connectivity index (χ2v) is 7.72. The number of likely N-dealkylation sites (tertiary alicyclic amines) is 2. The minimum Gasteiger partial charge on any atom is -0.466 e. The summed E-state index contributed by atoms with van der Waals surface area (Å²) in [5.41, 5.74) is 0. The Morgan fingerprint density at radius 1 is 0.929 bits per heavy atom. The summed E-state index contributed by atoms with van der Waals surface area (Å²) in [6, 6.07) is 0. The van der Waals surface area contributed by atoms with Crippen molar-refractivity contribution in [1.29, 1.82) is 0 Å². The van der Waals surface area contributed by atoms with Gasteiger partial charge in [0.1, 0.15) is 6.23 Å². The molecular weight excluding hydrogens is 403 g/mol. The molecule has 0 N–H and O–H groups in total. The molecule has 2 aliphatic heterocycles. The summed E-state index contributed by atoms with van der Waals surface area (Å²) in [4.78, 5) is 16.9. The van der Waals surface area contributed by atoms with E-state index < -0.39 is 0 Å². The van der Waals surface area contributed by atoms with Crippen LogP contribution in [0.2, 0.25) is 0 Å². The molecule has 1 saturated carbocycles. The molecule has 0 amide bonds. The lowest BCUT2D eigenvalue weighted by Gasteiger charge is -2.41. The van der Waals surface area contributed by atoms with Gasteiger partial charge in [0.15, 0.2) is 6.35 Å². The Morgan fingerprint density at radius 3 is 2.21 bits per heavy atom. The standard InChI is InChI=1S/C20H36N2O4.2ClH/c1-3-24-18-8-7-15-22(18)20(21-13-5-6-14-21)26-17-11-9-16(10-12-17)19(23)25-4-2;;/h16-18,20H,3-15H2,1-2H3;2*1H. The van der Waals surface area contributed by atoms with Crippen LogP contribution in [0.5, 0.6) is 0 Å². The van der Waals surface area contributed by atoms with Gasteiger partial charge >= 0.3 is 5.97 Å². The van der Waals surface area contributed by atoms with E-state index in [2.05, 4.69) is 16.7 Å². The molecule has 8 heteroatoms. The van der Waals surface area contributed by atoms with Crippen LogP contribution in [0.25, 0.3) is 0 Å². The molecule has 6 nitrogen and oxygen atoms in total. The smallest absolute Gasteiger partial charge is 0.308 e. The van der Waals surface area contributed by atoms with E-state index >= 15 is 0 Å². The maximum Gasteiger partial charge on any atom is 0.308 e. The molecule has 3 aliphatic rings. The van der Waals surface area contributed by atoms with Crippen LogP contribution in [0.3, 0.4) is 0 Å². The zero-order chi connectivity index (χ0) is 18.4. The van der Waals surface area contributed by atoms with Crippen molar-refractivity contribution in [2.75, 3.05) is 32.8 Å². The van der Waals surface area contributed by atoms with E-state index in [0.29, 0.717) is 6.61 Å². The normalized spacial score (nSPS) is 29.7. The first-order chi connectivity index (χ1) is 12.7. The minimum atomic E-state index is -0.0296. The number of halogens is 2. The van der Waals surface area contributed by atoms with Crippen molar-refractivity contribution in [2.24, 2.45) is 5.92 Å². The van der Waals surface area contributed by atoms with E-state index in [4.69, 9.17) is 14.2 Å². The van der Waals surface area contributed by atoms with E-state index in [1.54, 1.807) is 0 Å². The fourth-order valence-corrected chi connectivity index (χ4v) is 4.59. The molecule has 0 spiro atoms. The van der Waals surface area contributed by atoms with Crippen LogP contribution in [0.1, 0.15) is 65.2 Å². The summed E-state index contributed by atoms with van der Waals surface area (Å²) < 4.78 is 17.8. The lowest BCUT2D eigenvalue weighted by molar-refractivity contribution is -0.217. The highest BCUT2D eigenvalue weighted by molar-refractivity contribution is 5.85. The molecular formula is C20H38Cl2N2O4. The Bertz CT molecular complexity index is 444. The van der Waals surface area contributed by atoms with Gasteiger partial charge in [-0.15, -0.1) is 24.8 Å². The number of ether oxygens (including phenoxy) is 3. The largest absolute Gasteiger partial charge is 0.466 e. The maximum absolute atomic E-state index is 12.0. The van der Waals surface area contributed by atoms with Gasteiger partial charge < -0.3 is 14.2 Å². The molecule has 166 valence electrons. The highest BCUT2D eigenvalue weighted by atomic mass is 35.5. The second-order valence-electron chi connectivity index (χ2n) is 7.72. The number of nitrogens with zero attached hydrogens (tertiary/aromatic N) is 2. The van der Waals surface area contributed by atoms with Crippen molar-refractivity contribution in [3.8, 4) is 0 Å². The molecule has 0 aromatic rings. The van der Waals surface area contributed by atoms with E-state index in [1.807, 2.05) is 6.92 Å². The third-order valence-corrected chi connectivity index (χ3v) is 5.94. The lowest BCUT2D eigenvalue weighted by atomic mass is 9.87. The van der Waals surface area contributed by atoms with Crippen molar-refractivity contribution in [2.45, 2.75) is 83.9 Å². The molecule has 0 aromatic carbocycles. The van der Waals surface area contributed by atoms with Crippen LogP contribution in [-0.2, 0) is 19.0 Å². The van der Waals surface area contributed by atoms with Crippen LogP contribution in [-0.4, -0.2) is 67.3 Å². The van der Waals surface area contributed by atoms with Crippen molar-refractivity contribution in [3.05, 3.63) is 0 Å². The Kier molecular flexibility index (Phi) is 12.3. The molecule has 2 heterocycles. The zero-order valence-corrected chi connectivity index (χ0v) is 19.0. The predicted molar refractivity (Wildman–Crippen MR) is 114 cm³/mol. The van der Waals surface area contributed by atoms with Crippen LogP contribution in [0, 0.1) is 5.92 Å². The van der Waals surface area contributed by atoms with Gasteiger partial charge in [-0.3, -0.25) is 9.69 Å². The van der Waals surface area contributed by atoms with E-state index in [-0.39, 0.29) is 55.4 Å². The molecule has 3 fully saturated rings. The quantitative estimate of drug-likeness (QED) is 0.534. The first kappa shape index (κ1) is 25.9. The monoisotopic (exact) mass is 440 g/mol. The van der Waals surface area contributed by atoms with Gasteiger partial charge in [-0.1, -0.05) is 0 Å². The third kappa shape index (κ3) is 6.71. The Hall–Kier alpha value is -0.110. The molecule has 3 rings (SSSR count). The zero-order valence-electron chi connectivity index (χ0n) is 17.3. The molecule has 2 unspecified atom stereocenters. The minimum absolute atomic E-state index is 0. The highest BCUT2D eigenvalue weighted by Gasteiger charge is 2.38. The fraction of sp³-hybridized carbons (Fsp3) is 0.950. The predicted octanol–water partition coefficient (Wildman–Crippen LogP) is 3.81. The van der Waals surface area contributed by atoms with E-state index in [0.717, 1.165) is 58.3 Å². The molecule has 2 atom stereocenters. The number of hydrogen-bond acceptors (Lipinski definition) is 6. The van der Waals surface area contributed by atoms with Crippen molar-refractivity contribution < 1.29 is 19.0 Å². The van der Waals surface area contributed by atoms with E-state index in [1.165, 1.54) is 19.3 Å². The first-order valence-corrected chi connectivity index (χ1v) is 10.7. The third-order valence-electron chi connectivity index (χ3n) is 5.94. The maximum atomic E-state index is 12.0. The Balaban J connectivity index is 0.00000196. The molecule has 2 saturated heterocycles. The topological polar surface area (TPSA) is 51.2 Å². The molecule has 1 aliphatic carbocycles. The number of carbonyl (C=O) groups is 1. The van der Waals surface area contributed by atoms with Gasteiger partial charge in [0, 0.05) is 26.2 Å². The molecule has 0 aromatic heterocycles. The van der Waals surface area contributed by atoms with Crippen LogP contribution < -0.4 is 0 Å². The lowest BCUT2D eigenvalue weighted by Crippen LogP contribution is -2.53. The SMILES string of the molecule is CCOC(=O)C1CCC(OC(N2CCCC2)N2CCCC2OCC)CC1.Cl.Cl. The summed E-state index contributed by atoms with van der Waals surface area (Å²) >= 11 is 0. The molecule has 28 heavy (non-hydrogen) atoms. The average Bonchev–Trinajstić information content (AvgIpc) is 3.33. The van der Waals surface area contributed by atoms with Gasteiger partial charge in [0.2, 0.25) is 0 Å². The fourth-order valence-electron chi connectivity index (χ4n) is 4.59.